The molecule has 2 rings (SSSR count). The summed E-state index contributed by atoms with van der Waals surface area (Å²) in [6, 6.07) is 6.30. The number of furan rings is 1. The molecule has 3 nitrogen and oxygen atoms in total. The van der Waals surface area contributed by atoms with Gasteiger partial charge in [0.05, 0.1) is 16.9 Å². The summed E-state index contributed by atoms with van der Waals surface area (Å²) >= 11 is 5.22. The van der Waals surface area contributed by atoms with Crippen LogP contribution < -0.4 is 5.32 Å². The summed E-state index contributed by atoms with van der Waals surface area (Å²) in [7, 11) is 2.11. The Balaban J connectivity index is 1.80. The molecule has 0 aliphatic carbocycles. The highest BCUT2D eigenvalue weighted by Crippen LogP contribution is 2.22. The Bertz CT molecular complexity index is 523. The van der Waals surface area contributed by atoms with Crippen LogP contribution in [-0.4, -0.2) is 18.5 Å². The molecule has 0 radical (unpaired) electrons. The SMILES string of the molecule is CCCNCc1ccc(CN(C)Cc2csc(Br)c2)o1. The van der Waals surface area contributed by atoms with E-state index in [0.717, 1.165) is 44.1 Å². The van der Waals surface area contributed by atoms with Gasteiger partial charge in [-0.25, -0.2) is 0 Å². The molecule has 2 aromatic rings. The molecule has 0 atom stereocenters. The number of nitrogens with one attached hydrogen (secondary N) is 1. The molecule has 0 unspecified atom stereocenters. The molecule has 20 heavy (non-hydrogen) atoms. The van der Waals surface area contributed by atoms with E-state index in [1.165, 1.54) is 9.35 Å². The van der Waals surface area contributed by atoms with E-state index >= 15 is 0 Å². The van der Waals surface area contributed by atoms with Gasteiger partial charge < -0.3 is 9.73 Å². The minimum Gasteiger partial charge on any atom is -0.463 e. The molecule has 5 heteroatoms. The monoisotopic (exact) mass is 356 g/mol. The topological polar surface area (TPSA) is 28.4 Å². The number of thiophene rings is 1. The average Bonchev–Trinajstić information content (AvgIpc) is 2.99. The van der Waals surface area contributed by atoms with Crippen molar-refractivity contribution in [2.75, 3.05) is 13.6 Å². The first-order valence-electron chi connectivity index (χ1n) is 6.87. The van der Waals surface area contributed by atoms with Crippen LogP contribution in [0.15, 0.2) is 31.8 Å². The molecule has 0 bridgehead atoms. The maximum Gasteiger partial charge on any atom is 0.118 e. The van der Waals surface area contributed by atoms with Crippen molar-refractivity contribution in [3.8, 4) is 0 Å². The molecule has 0 aromatic carbocycles. The first-order valence-corrected chi connectivity index (χ1v) is 8.54. The lowest BCUT2D eigenvalue weighted by Crippen LogP contribution is -2.16. The Hall–Kier alpha value is -0.620. The van der Waals surface area contributed by atoms with Crippen LogP contribution >= 0.6 is 27.3 Å². The molecule has 0 amide bonds. The van der Waals surface area contributed by atoms with Crippen molar-refractivity contribution in [3.63, 3.8) is 0 Å². The number of hydrogen-bond donors (Lipinski definition) is 1. The minimum absolute atomic E-state index is 0.815. The molecule has 0 fully saturated rings. The van der Waals surface area contributed by atoms with Gasteiger partial charge in [-0.1, -0.05) is 6.92 Å². The van der Waals surface area contributed by atoms with Crippen LogP contribution in [0.2, 0.25) is 0 Å². The first kappa shape index (κ1) is 15.8. The molecule has 2 heterocycles. The zero-order valence-electron chi connectivity index (χ0n) is 12.0. The molecular weight excluding hydrogens is 336 g/mol. The Kier molecular flexibility index (Phi) is 6.29. The van der Waals surface area contributed by atoms with E-state index in [2.05, 4.69) is 63.7 Å². The van der Waals surface area contributed by atoms with Gasteiger partial charge in [0, 0.05) is 6.54 Å². The third kappa shape index (κ3) is 5.05. The quantitative estimate of drug-likeness (QED) is 0.717. The van der Waals surface area contributed by atoms with Crippen molar-refractivity contribution in [1.82, 2.24) is 10.2 Å². The highest BCUT2D eigenvalue weighted by molar-refractivity contribution is 9.11. The largest absolute Gasteiger partial charge is 0.463 e. The molecular formula is C15H21BrN2OS. The summed E-state index contributed by atoms with van der Waals surface area (Å²) < 4.78 is 7.02. The van der Waals surface area contributed by atoms with Gasteiger partial charge in [-0.3, -0.25) is 4.90 Å². The summed E-state index contributed by atoms with van der Waals surface area (Å²) in [4.78, 5) is 2.26. The van der Waals surface area contributed by atoms with E-state index in [4.69, 9.17) is 4.42 Å². The van der Waals surface area contributed by atoms with Crippen molar-refractivity contribution in [2.45, 2.75) is 33.0 Å². The van der Waals surface area contributed by atoms with Gasteiger partial charge in [-0.05, 0) is 65.1 Å². The lowest BCUT2D eigenvalue weighted by molar-refractivity contribution is 0.283. The maximum absolute atomic E-state index is 5.83. The van der Waals surface area contributed by atoms with Crippen molar-refractivity contribution in [2.24, 2.45) is 0 Å². The molecule has 0 saturated carbocycles. The average molecular weight is 357 g/mol. The van der Waals surface area contributed by atoms with Gasteiger partial charge in [0.15, 0.2) is 0 Å². The molecule has 0 aliphatic heterocycles. The molecule has 2 aromatic heterocycles. The zero-order chi connectivity index (χ0) is 14.4. The van der Waals surface area contributed by atoms with E-state index in [9.17, 15) is 0 Å². The third-order valence-electron chi connectivity index (χ3n) is 2.94. The van der Waals surface area contributed by atoms with Gasteiger partial charge in [-0.2, -0.15) is 0 Å². The van der Waals surface area contributed by atoms with Crippen molar-refractivity contribution in [3.05, 3.63) is 44.4 Å². The number of nitrogens with zero attached hydrogens (tertiary/aromatic N) is 1. The second-order valence-electron chi connectivity index (χ2n) is 4.98. The Morgan fingerprint density at radius 2 is 2.10 bits per heavy atom. The lowest BCUT2D eigenvalue weighted by atomic mass is 10.3. The van der Waals surface area contributed by atoms with Crippen molar-refractivity contribution >= 4 is 27.3 Å². The molecule has 0 saturated heterocycles. The number of rotatable bonds is 8. The molecule has 1 N–H and O–H groups in total. The van der Waals surface area contributed by atoms with Gasteiger partial charge >= 0.3 is 0 Å². The van der Waals surface area contributed by atoms with Crippen LogP contribution in [0.5, 0.6) is 0 Å². The van der Waals surface area contributed by atoms with Crippen molar-refractivity contribution < 1.29 is 4.42 Å². The van der Waals surface area contributed by atoms with Gasteiger partial charge in [0.2, 0.25) is 0 Å². The van der Waals surface area contributed by atoms with Crippen LogP contribution in [0.3, 0.4) is 0 Å². The van der Waals surface area contributed by atoms with Gasteiger partial charge in [-0.15, -0.1) is 11.3 Å². The second-order valence-corrected chi connectivity index (χ2v) is 7.27. The summed E-state index contributed by atoms with van der Waals surface area (Å²) in [5.41, 5.74) is 1.33. The van der Waals surface area contributed by atoms with E-state index in [1.54, 1.807) is 11.3 Å². The highest BCUT2D eigenvalue weighted by Gasteiger charge is 2.07. The van der Waals surface area contributed by atoms with Gasteiger partial charge in [0.25, 0.3) is 0 Å². The fraction of sp³-hybridized carbons (Fsp3) is 0.467. The normalized spacial score (nSPS) is 11.4. The van der Waals surface area contributed by atoms with E-state index in [1.807, 2.05) is 0 Å². The summed E-state index contributed by atoms with van der Waals surface area (Å²) in [5, 5.41) is 5.53. The fourth-order valence-corrected chi connectivity index (χ4v) is 3.25. The molecule has 0 spiro atoms. The van der Waals surface area contributed by atoms with Crippen LogP contribution in [0.4, 0.5) is 0 Å². The Labute approximate surface area is 133 Å². The predicted octanol–water partition coefficient (Wildman–Crippen LogP) is 4.24. The minimum atomic E-state index is 0.815. The number of hydrogen-bond acceptors (Lipinski definition) is 4. The first-order chi connectivity index (χ1) is 9.67. The lowest BCUT2D eigenvalue weighted by Gasteiger charge is -2.13. The van der Waals surface area contributed by atoms with Crippen LogP contribution in [0.1, 0.15) is 30.4 Å². The Morgan fingerprint density at radius 3 is 2.80 bits per heavy atom. The standard InChI is InChI=1S/C15H21BrN2OS/c1-3-6-17-8-13-4-5-14(19-13)10-18(2)9-12-7-15(16)20-11-12/h4-5,7,11,17H,3,6,8-10H2,1-2H3. The van der Waals surface area contributed by atoms with Crippen LogP contribution in [0.25, 0.3) is 0 Å². The number of halogens is 1. The second kappa shape index (κ2) is 7.98. The molecule has 0 aliphatic rings. The van der Waals surface area contributed by atoms with E-state index in [-0.39, 0.29) is 0 Å². The third-order valence-corrected chi connectivity index (χ3v) is 4.50. The zero-order valence-corrected chi connectivity index (χ0v) is 14.4. The van der Waals surface area contributed by atoms with Crippen molar-refractivity contribution in [1.29, 1.82) is 0 Å². The summed E-state index contributed by atoms with van der Waals surface area (Å²) in [6.45, 7) is 5.78. The maximum atomic E-state index is 5.83. The predicted molar refractivity (Wildman–Crippen MR) is 87.9 cm³/mol. The molecule has 110 valence electrons. The summed E-state index contributed by atoms with van der Waals surface area (Å²) in [5.74, 6) is 2.04. The smallest absolute Gasteiger partial charge is 0.118 e. The van der Waals surface area contributed by atoms with Gasteiger partial charge in [0.1, 0.15) is 11.5 Å². The fourth-order valence-electron chi connectivity index (χ4n) is 2.05. The van der Waals surface area contributed by atoms with E-state index < -0.39 is 0 Å². The Morgan fingerprint density at radius 1 is 1.30 bits per heavy atom. The van der Waals surface area contributed by atoms with E-state index in [0.29, 0.717) is 0 Å². The van der Waals surface area contributed by atoms with Crippen LogP contribution in [-0.2, 0) is 19.6 Å². The summed E-state index contributed by atoms with van der Waals surface area (Å²) in [6.07, 6.45) is 1.15. The van der Waals surface area contributed by atoms with Crippen LogP contribution in [0, 0.1) is 0 Å². The highest BCUT2D eigenvalue weighted by atomic mass is 79.9.